The van der Waals surface area contributed by atoms with Crippen LogP contribution in [-0.2, 0) is 6.42 Å². The van der Waals surface area contributed by atoms with Gasteiger partial charge in [-0.1, -0.05) is 82.8 Å². The molecule has 0 saturated carbocycles. The highest BCUT2D eigenvalue weighted by molar-refractivity contribution is 8.15. The lowest BCUT2D eigenvalue weighted by Gasteiger charge is -2.20. The van der Waals surface area contributed by atoms with Gasteiger partial charge < -0.3 is 10.1 Å². The Balaban J connectivity index is 1.34. The molecule has 4 aromatic rings. The van der Waals surface area contributed by atoms with Gasteiger partial charge in [0.15, 0.2) is 11.0 Å². The molecule has 0 atom stereocenters. The van der Waals surface area contributed by atoms with Crippen LogP contribution in [0.5, 0.6) is 5.75 Å². The third-order valence-electron chi connectivity index (χ3n) is 6.39. The SMILES string of the molecule is Cc1ccc(C(C)C)c(N=C(NC(=O)NCCc2ccc(-c3ncn(-c4ccc(OC(F)(F)F)cc4)n3)cc2)SC(C)(C)C)c1. The molecule has 1 heterocycles. The van der Waals surface area contributed by atoms with Gasteiger partial charge in [-0.05, 0) is 66.3 Å². The number of amides is 2. The number of urea groups is 1. The summed E-state index contributed by atoms with van der Waals surface area (Å²) in [6, 6.07) is 18.9. The third kappa shape index (κ3) is 10.4. The summed E-state index contributed by atoms with van der Waals surface area (Å²) in [7, 11) is 0. The number of halogens is 3. The van der Waals surface area contributed by atoms with Crippen molar-refractivity contribution in [1.82, 2.24) is 25.4 Å². The van der Waals surface area contributed by atoms with Crippen molar-refractivity contribution in [1.29, 1.82) is 0 Å². The molecule has 3 aromatic carbocycles. The predicted octanol–water partition coefficient (Wildman–Crippen LogP) is 8.33. The summed E-state index contributed by atoms with van der Waals surface area (Å²) in [6.45, 7) is 12.9. The van der Waals surface area contributed by atoms with Gasteiger partial charge >= 0.3 is 12.4 Å². The van der Waals surface area contributed by atoms with Crippen LogP contribution >= 0.6 is 11.8 Å². The summed E-state index contributed by atoms with van der Waals surface area (Å²) in [4.78, 5) is 22.0. The van der Waals surface area contributed by atoms with E-state index in [1.54, 1.807) is 0 Å². The maximum atomic E-state index is 12.9. The number of carbonyl (C=O) groups excluding carboxylic acids is 1. The summed E-state index contributed by atoms with van der Waals surface area (Å²) in [6.07, 6.45) is -2.65. The molecule has 0 aliphatic heterocycles. The molecule has 0 saturated heterocycles. The van der Waals surface area contributed by atoms with Gasteiger partial charge in [-0.25, -0.2) is 19.5 Å². The zero-order chi connectivity index (χ0) is 32.8. The molecule has 12 heteroatoms. The smallest absolute Gasteiger partial charge is 0.406 e. The summed E-state index contributed by atoms with van der Waals surface area (Å²) in [5, 5.41) is 10.8. The fraction of sp³-hybridized carbons (Fsp3) is 0.333. The molecule has 2 N–H and O–H groups in total. The molecule has 8 nitrogen and oxygen atoms in total. The van der Waals surface area contributed by atoms with Crippen LogP contribution in [0.2, 0.25) is 0 Å². The number of aryl methyl sites for hydroxylation is 1. The molecule has 1 aromatic heterocycles. The standard InChI is InChI=1S/C33H37F3N6O2S/c1-21(2)27-16-7-22(3)19-28(27)39-31(45-32(4,5)6)40-30(43)37-18-17-23-8-10-24(11-9-23)29-38-20-42(41-29)25-12-14-26(15-13-25)44-33(34,35)36/h7-16,19-21H,17-18H2,1-6H3,(H2,37,39,40,43). The van der Waals surface area contributed by atoms with Crippen LogP contribution in [-0.4, -0.2) is 43.6 Å². The first-order chi connectivity index (χ1) is 21.1. The first kappa shape index (κ1) is 33.6. The Kier molecular flexibility index (Phi) is 10.6. The highest BCUT2D eigenvalue weighted by Crippen LogP contribution is 2.31. The highest BCUT2D eigenvalue weighted by atomic mass is 32.2. The molecule has 238 valence electrons. The minimum Gasteiger partial charge on any atom is -0.406 e. The lowest BCUT2D eigenvalue weighted by molar-refractivity contribution is -0.274. The number of aliphatic imine (C=N–C) groups is 1. The first-order valence-corrected chi connectivity index (χ1v) is 15.3. The van der Waals surface area contributed by atoms with Crippen molar-refractivity contribution >= 4 is 28.6 Å². The van der Waals surface area contributed by atoms with Gasteiger partial charge in [0.2, 0.25) is 0 Å². The van der Waals surface area contributed by atoms with Crippen LogP contribution in [0.3, 0.4) is 0 Å². The summed E-state index contributed by atoms with van der Waals surface area (Å²) >= 11 is 1.50. The fourth-order valence-electron chi connectivity index (χ4n) is 4.32. The number of alkyl halides is 3. The quantitative estimate of drug-likeness (QED) is 0.150. The summed E-state index contributed by atoms with van der Waals surface area (Å²) in [5.41, 5.74) is 5.40. The van der Waals surface area contributed by atoms with Gasteiger partial charge in [0.25, 0.3) is 0 Å². The Morgan fingerprint density at radius 2 is 1.71 bits per heavy atom. The molecule has 0 fully saturated rings. The molecule has 45 heavy (non-hydrogen) atoms. The van der Waals surface area contributed by atoms with Crippen LogP contribution in [0, 0.1) is 6.92 Å². The van der Waals surface area contributed by atoms with E-state index in [0.717, 1.165) is 27.9 Å². The van der Waals surface area contributed by atoms with E-state index in [1.165, 1.54) is 47.0 Å². The first-order valence-electron chi connectivity index (χ1n) is 14.5. The molecule has 0 bridgehead atoms. The number of thioether (sulfide) groups is 1. The van der Waals surface area contributed by atoms with Gasteiger partial charge in [0.05, 0.1) is 11.4 Å². The number of rotatable bonds is 8. The largest absolute Gasteiger partial charge is 0.573 e. The Morgan fingerprint density at radius 1 is 1.02 bits per heavy atom. The number of benzene rings is 3. The average Bonchev–Trinajstić information content (AvgIpc) is 3.42. The van der Waals surface area contributed by atoms with E-state index in [9.17, 15) is 18.0 Å². The fourth-order valence-corrected chi connectivity index (χ4v) is 5.18. The van der Waals surface area contributed by atoms with E-state index >= 15 is 0 Å². The Morgan fingerprint density at radius 3 is 2.33 bits per heavy atom. The predicted molar refractivity (Wildman–Crippen MR) is 173 cm³/mol. The van der Waals surface area contributed by atoms with E-state index in [4.69, 9.17) is 4.99 Å². The van der Waals surface area contributed by atoms with Crippen molar-refractivity contribution in [2.45, 2.75) is 65.0 Å². The van der Waals surface area contributed by atoms with Crippen LogP contribution in [0.15, 0.2) is 78.0 Å². The van der Waals surface area contributed by atoms with E-state index < -0.39 is 6.36 Å². The molecule has 2 amide bonds. The second-order valence-corrected chi connectivity index (χ2v) is 13.5. The van der Waals surface area contributed by atoms with E-state index in [-0.39, 0.29) is 16.5 Å². The van der Waals surface area contributed by atoms with Crippen LogP contribution < -0.4 is 15.4 Å². The minimum atomic E-state index is -4.75. The Bertz CT molecular complexity index is 1630. The zero-order valence-corrected chi connectivity index (χ0v) is 26.9. The number of nitrogens with zero attached hydrogens (tertiary/aromatic N) is 4. The Hall–Kier alpha value is -4.32. The van der Waals surface area contributed by atoms with Crippen LogP contribution in [0.25, 0.3) is 17.1 Å². The molecule has 0 aliphatic rings. The van der Waals surface area contributed by atoms with E-state index in [0.29, 0.717) is 35.6 Å². The number of carbonyl (C=O) groups is 1. The molecular weight excluding hydrogens is 601 g/mol. The number of amidine groups is 1. The topological polar surface area (TPSA) is 93.4 Å². The number of aromatic nitrogens is 3. The summed E-state index contributed by atoms with van der Waals surface area (Å²) in [5.74, 6) is 0.445. The van der Waals surface area contributed by atoms with Crippen molar-refractivity contribution in [2.24, 2.45) is 4.99 Å². The number of ether oxygens (including phenoxy) is 1. The summed E-state index contributed by atoms with van der Waals surface area (Å²) < 4.78 is 42.5. The monoisotopic (exact) mass is 638 g/mol. The Labute approximate surface area is 265 Å². The van der Waals surface area contributed by atoms with Crippen molar-refractivity contribution in [3.8, 4) is 22.8 Å². The number of hydrogen-bond acceptors (Lipinski definition) is 6. The van der Waals surface area contributed by atoms with Gasteiger partial charge in [-0.3, -0.25) is 5.32 Å². The normalized spacial score (nSPS) is 12.4. The second-order valence-electron chi connectivity index (χ2n) is 11.7. The van der Waals surface area contributed by atoms with Gasteiger partial charge in [0.1, 0.15) is 12.1 Å². The molecule has 0 aliphatic carbocycles. The van der Waals surface area contributed by atoms with Crippen LogP contribution in [0.4, 0.5) is 23.7 Å². The molecule has 0 spiro atoms. The van der Waals surface area contributed by atoms with Crippen molar-refractivity contribution in [3.05, 3.63) is 89.7 Å². The highest BCUT2D eigenvalue weighted by Gasteiger charge is 2.31. The van der Waals surface area contributed by atoms with E-state index in [2.05, 4.69) is 72.2 Å². The van der Waals surface area contributed by atoms with Crippen molar-refractivity contribution < 1.29 is 22.7 Å². The van der Waals surface area contributed by atoms with Crippen molar-refractivity contribution in [3.63, 3.8) is 0 Å². The van der Waals surface area contributed by atoms with Gasteiger partial charge in [-0.2, -0.15) is 0 Å². The van der Waals surface area contributed by atoms with Crippen LogP contribution in [0.1, 0.15) is 57.2 Å². The molecule has 4 rings (SSSR count). The molecular formula is C33H37F3N6O2S. The lowest BCUT2D eigenvalue weighted by Crippen LogP contribution is -2.40. The zero-order valence-electron chi connectivity index (χ0n) is 26.1. The van der Waals surface area contributed by atoms with Gasteiger partial charge in [0, 0.05) is 16.9 Å². The van der Waals surface area contributed by atoms with Gasteiger partial charge in [-0.15, -0.1) is 18.3 Å². The minimum absolute atomic E-state index is 0.156. The second kappa shape index (κ2) is 14.2. The maximum absolute atomic E-state index is 12.9. The number of nitrogens with one attached hydrogen (secondary N) is 2. The average molecular weight is 639 g/mol. The lowest BCUT2D eigenvalue weighted by atomic mass is 10.00. The van der Waals surface area contributed by atoms with Crippen molar-refractivity contribution in [2.75, 3.05) is 6.54 Å². The third-order valence-corrected chi connectivity index (χ3v) is 7.39. The van der Waals surface area contributed by atoms with E-state index in [1.807, 2.05) is 37.3 Å². The maximum Gasteiger partial charge on any atom is 0.573 e. The molecule has 0 radical (unpaired) electrons. The molecule has 0 unspecified atom stereocenters. The number of hydrogen-bond donors (Lipinski definition) is 2.